The number of aryl methyl sites for hydroxylation is 2. The number of carbonyl (C=O) groups excluding carboxylic acids is 2. The molecule has 2 aromatic carbocycles. The van der Waals surface area contributed by atoms with Gasteiger partial charge in [0.1, 0.15) is 5.69 Å². The Kier molecular flexibility index (Phi) is 6.19. The zero-order valence-electron chi connectivity index (χ0n) is 16.5. The van der Waals surface area contributed by atoms with Crippen molar-refractivity contribution < 1.29 is 14.3 Å². The van der Waals surface area contributed by atoms with Gasteiger partial charge in [0.2, 0.25) is 5.95 Å². The van der Waals surface area contributed by atoms with Gasteiger partial charge >= 0.3 is 5.97 Å². The third-order valence-electron chi connectivity index (χ3n) is 4.02. The van der Waals surface area contributed by atoms with Gasteiger partial charge < -0.3 is 15.4 Å². The number of carbonyl (C=O) groups is 2. The van der Waals surface area contributed by atoms with Crippen LogP contribution in [0.1, 0.15) is 38.9 Å². The third-order valence-corrected chi connectivity index (χ3v) is 4.02. The summed E-state index contributed by atoms with van der Waals surface area (Å²) >= 11 is 0. The molecule has 0 unspecified atom stereocenters. The van der Waals surface area contributed by atoms with Gasteiger partial charge in [-0.2, -0.15) is 0 Å². The molecule has 3 rings (SSSR count). The highest BCUT2D eigenvalue weighted by Crippen LogP contribution is 2.17. The SMILES string of the molecule is CCOC(=O)c1ccc(Nc2nccc(C(=O)Nc3cc(C)cc(C)c3)n2)cc1. The summed E-state index contributed by atoms with van der Waals surface area (Å²) in [5.41, 5.74) is 4.23. The van der Waals surface area contributed by atoms with Gasteiger partial charge in [0.15, 0.2) is 0 Å². The molecule has 0 saturated carbocycles. The molecule has 0 aliphatic heterocycles. The van der Waals surface area contributed by atoms with E-state index in [4.69, 9.17) is 4.74 Å². The van der Waals surface area contributed by atoms with Gasteiger partial charge in [-0.3, -0.25) is 4.79 Å². The van der Waals surface area contributed by atoms with Gasteiger partial charge in [-0.15, -0.1) is 0 Å². The summed E-state index contributed by atoms with van der Waals surface area (Å²) in [5, 5.41) is 5.88. The smallest absolute Gasteiger partial charge is 0.338 e. The first kappa shape index (κ1) is 20.0. The van der Waals surface area contributed by atoms with Crippen LogP contribution >= 0.6 is 0 Å². The topological polar surface area (TPSA) is 93.2 Å². The second-order valence-electron chi connectivity index (χ2n) is 6.52. The fourth-order valence-corrected chi connectivity index (χ4v) is 2.82. The van der Waals surface area contributed by atoms with Crippen LogP contribution in [-0.4, -0.2) is 28.5 Å². The van der Waals surface area contributed by atoms with Crippen LogP contribution in [0.25, 0.3) is 0 Å². The van der Waals surface area contributed by atoms with Crippen LogP contribution in [0.3, 0.4) is 0 Å². The molecular formula is C22H22N4O3. The van der Waals surface area contributed by atoms with Crippen LogP contribution < -0.4 is 10.6 Å². The molecule has 0 spiro atoms. The predicted octanol–water partition coefficient (Wildman–Crippen LogP) is 4.27. The summed E-state index contributed by atoms with van der Waals surface area (Å²) in [4.78, 5) is 32.7. The summed E-state index contributed by atoms with van der Waals surface area (Å²) in [6.45, 7) is 6.03. The van der Waals surface area contributed by atoms with E-state index >= 15 is 0 Å². The van der Waals surface area contributed by atoms with E-state index in [9.17, 15) is 9.59 Å². The van der Waals surface area contributed by atoms with Crippen molar-refractivity contribution in [2.45, 2.75) is 20.8 Å². The molecule has 7 nitrogen and oxygen atoms in total. The number of benzene rings is 2. The molecule has 0 bridgehead atoms. The van der Waals surface area contributed by atoms with Crippen molar-refractivity contribution in [1.82, 2.24) is 9.97 Å². The summed E-state index contributed by atoms with van der Waals surface area (Å²) < 4.78 is 4.96. The summed E-state index contributed by atoms with van der Waals surface area (Å²) in [6.07, 6.45) is 1.51. The van der Waals surface area contributed by atoms with Gasteiger partial charge in [-0.25, -0.2) is 14.8 Å². The molecule has 0 aliphatic carbocycles. The van der Waals surface area contributed by atoms with E-state index in [-0.39, 0.29) is 23.5 Å². The highest BCUT2D eigenvalue weighted by Gasteiger charge is 2.11. The maximum atomic E-state index is 12.5. The van der Waals surface area contributed by atoms with Crippen molar-refractivity contribution in [3.63, 3.8) is 0 Å². The molecule has 148 valence electrons. The molecule has 0 saturated heterocycles. The van der Waals surface area contributed by atoms with Gasteiger partial charge in [-0.1, -0.05) is 6.07 Å². The van der Waals surface area contributed by atoms with Crippen LogP contribution in [0.4, 0.5) is 17.3 Å². The minimum Gasteiger partial charge on any atom is -0.462 e. The number of ether oxygens (including phenoxy) is 1. The van der Waals surface area contributed by atoms with E-state index in [1.807, 2.05) is 32.0 Å². The number of amides is 1. The predicted molar refractivity (Wildman–Crippen MR) is 112 cm³/mol. The average molecular weight is 390 g/mol. The van der Waals surface area contributed by atoms with Crippen molar-refractivity contribution >= 4 is 29.2 Å². The second kappa shape index (κ2) is 8.97. The minimum absolute atomic E-state index is 0.241. The van der Waals surface area contributed by atoms with Crippen LogP contribution in [-0.2, 0) is 4.74 Å². The maximum Gasteiger partial charge on any atom is 0.338 e. The van der Waals surface area contributed by atoms with Crippen molar-refractivity contribution in [2.75, 3.05) is 17.2 Å². The van der Waals surface area contributed by atoms with Crippen molar-refractivity contribution in [3.05, 3.63) is 77.1 Å². The molecule has 1 aromatic heterocycles. The van der Waals surface area contributed by atoms with E-state index in [2.05, 4.69) is 20.6 Å². The van der Waals surface area contributed by atoms with E-state index in [0.29, 0.717) is 17.9 Å². The summed E-state index contributed by atoms with van der Waals surface area (Å²) in [5.74, 6) is -0.416. The quantitative estimate of drug-likeness (QED) is 0.611. The first-order valence-electron chi connectivity index (χ1n) is 9.21. The zero-order chi connectivity index (χ0) is 20.8. The summed E-state index contributed by atoms with van der Waals surface area (Å²) in [6, 6.07) is 14.1. The number of hydrogen-bond acceptors (Lipinski definition) is 6. The lowest BCUT2D eigenvalue weighted by atomic mass is 10.1. The molecule has 0 radical (unpaired) electrons. The standard InChI is InChI=1S/C22H22N4O3/c1-4-29-21(28)16-5-7-17(8-6-16)25-22-23-10-9-19(26-22)20(27)24-18-12-14(2)11-15(3)13-18/h5-13H,4H2,1-3H3,(H,24,27)(H,23,25,26). The van der Waals surface area contributed by atoms with Gasteiger partial charge in [0, 0.05) is 17.6 Å². The highest BCUT2D eigenvalue weighted by molar-refractivity contribution is 6.03. The molecule has 7 heteroatoms. The number of aromatic nitrogens is 2. The molecule has 0 fully saturated rings. The van der Waals surface area contributed by atoms with Crippen LogP contribution in [0.5, 0.6) is 0 Å². The van der Waals surface area contributed by atoms with Gasteiger partial charge in [0.25, 0.3) is 5.91 Å². The molecular weight excluding hydrogens is 368 g/mol. The number of hydrogen-bond donors (Lipinski definition) is 2. The fraction of sp³-hybridized carbons (Fsp3) is 0.182. The van der Waals surface area contributed by atoms with Crippen molar-refractivity contribution in [3.8, 4) is 0 Å². The second-order valence-corrected chi connectivity index (χ2v) is 6.52. The summed E-state index contributed by atoms with van der Waals surface area (Å²) in [7, 11) is 0. The Hall–Kier alpha value is -3.74. The monoisotopic (exact) mass is 390 g/mol. The maximum absolute atomic E-state index is 12.5. The van der Waals surface area contributed by atoms with E-state index in [0.717, 1.165) is 16.8 Å². The minimum atomic E-state index is -0.375. The molecule has 0 atom stereocenters. The zero-order valence-corrected chi connectivity index (χ0v) is 16.5. The van der Waals surface area contributed by atoms with Crippen LogP contribution in [0.2, 0.25) is 0 Å². The molecule has 0 aliphatic rings. The van der Waals surface area contributed by atoms with Crippen LogP contribution in [0.15, 0.2) is 54.7 Å². The van der Waals surface area contributed by atoms with Crippen molar-refractivity contribution in [2.24, 2.45) is 0 Å². The number of esters is 1. The number of nitrogens with zero attached hydrogens (tertiary/aromatic N) is 2. The normalized spacial score (nSPS) is 10.3. The average Bonchev–Trinajstić information content (AvgIpc) is 2.68. The molecule has 3 aromatic rings. The first-order valence-corrected chi connectivity index (χ1v) is 9.21. The molecule has 1 amide bonds. The number of rotatable bonds is 6. The Balaban J connectivity index is 1.70. The molecule has 1 heterocycles. The van der Waals surface area contributed by atoms with Gasteiger partial charge in [-0.05, 0) is 74.4 Å². The van der Waals surface area contributed by atoms with Gasteiger partial charge in [0.05, 0.1) is 12.2 Å². The van der Waals surface area contributed by atoms with E-state index in [1.54, 1.807) is 37.3 Å². The Bertz CT molecular complexity index is 1010. The number of anilines is 3. The molecule has 29 heavy (non-hydrogen) atoms. The highest BCUT2D eigenvalue weighted by atomic mass is 16.5. The Morgan fingerprint density at radius 2 is 1.66 bits per heavy atom. The first-order chi connectivity index (χ1) is 13.9. The van der Waals surface area contributed by atoms with E-state index < -0.39 is 0 Å². The molecule has 2 N–H and O–H groups in total. The Labute approximate surface area is 169 Å². The lowest BCUT2D eigenvalue weighted by Crippen LogP contribution is -2.15. The lowest BCUT2D eigenvalue weighted by Gasteiger charge is -2.09. The Morgan fingerprint density at radius 1 is 0.966 bits per heavy atom. The lowest BCUT2D eigenvalue weighted by molar-refractivity contribution is 0.0526. The fourth-order valence-electron chi connectivity index (χ4n) is 2.82. The number of nitrogens with one attached hydrogen (secondary N) is 2. The van der Waals surface area contributed by atoms with Crippen molar-refractivity contribution in [1.29, 1.82) is 0 Å². The third kappa shape index (κ3) is 5.38. The van der Waals surface area contributed by atoms with E-state index in [1.165, 1.54) is 6.20 Å². The van der Waals surface area contributed by atoms with Crippen LogP contribution in [0, 0.1) is 13.8 Å². The largest absolute Gasteiger partial charge is 0.462 e. The Morgan fingerprint density at radius 3 is 2.31 bits per heavy atom.